The first-order valence-electron chi connectivity index (χ1n) is 13.9. The van der Waals surface area contributed by atoms with Crippen LogP contribution in [0.15, 0.2) is 71.6 Å². The van der Waals surface area contributed by atoms with Gasteiger partial charge in [0.1, 0.15) is 12.6 Å². The Morgan fingerprint density at radius 1 is 0.881 bits per heavy atom. The van der Waals surface area contributed by atoms with Crippen molar-refractivity contribution in [2.45, 2.75) is 69.5 Å². The van der Waals surface area contributed by atoms with Gasteiger partial charge in [-0.25, -0.2) is 8.42 Å². The summed E-state index contributed by atoms with van der Waals surface area (Å²) in [6.45, 7) is 2.64. The highest BCUT2D eigenvalue weighted by Gasteiger charge is 2.34. The molecule has 2 amide bonds. The van der Waals surface area contributed by atoms with Crippen molar-refractivity contribution in [1.29, 1.82) is 0 Å². The van der Waals surface area contributed by atoms with Crippen LogP contribution in [0.4, 0.5) is 5.69 Å². The van der Waals surface area contributed by atoms with Crippen molar-refractivity contribution < 1.29 is 18.0 Å². The zero-order chi connectivity index (χ0) is 30.4. The molecule has 1 unspecified atom stereocenters. The van der Waals surface area contributed by atoms with E-state index in [0.717, 1.165) is 36.4 Å². The van der Waals surface area contributed by atoms with E-state index in [1.54, 1.807) is 68.4 Å². The van der Waals surface area contributed by atoms with E-state index in [1.165, 1.54) is 17.0 Å². The summed E-state index contributed by atoms with van der Waals surface area (Å²) in [6, 6.07) is 16.8. The second-order valence-electron chi connectivity index (χ2n) is 10.5. The Hall–Kier alpha value is -2.78. The number of nitrogens with zero attached hydrogens (tertiary/aromatic N) is 2. The molecule has 4 rings (SSSR count). The molecular weight excluding hydrogens is 617 g/mol. The standard InChI is InChI=1S/C31H34Cl3N3O4S/c1-21-26(32)15-10-18-29(21)37(42(40,41)24-13-7-4-8-14-24)20-30(38)36(19-25-27(33)16-9-17-28(25)34)22(2)31(39)35-23-11-5-3-6-12-23/h4,7-10,13-18,22-23H,3,5-6,11-12,19-20H2,1-2H3,(H,35,39). The van der Waals surface area contributed by atoms with Crippen LogP contribution in [0.2, 0.25) is 15.1 Å². The van der Waals surface area contributed by atoms with E-state index in [4.69, 9.17) is 34.8 Å². The minimum Gasteiger partial charge on any atom is -0.352 e. The fourth-order valence-corrected chi connectivity index (χ4v) is 7.28. The highest BCUT2D eigenvalue weighted by molar-refractivity contribution is 7.92. The third-order valence-corrected chi connectivity index (χ3v) is 10.5. The zero-order valence-corrected chi connectivity index (χ0v) is 26.6. The van der Waals surface area contributed by atoms with Gasteiger partial charge in [-0.15, -0.1) is 0 Å². The van der Waals surface area contributed by atoms with Crippen molar-refractivity contribution >= 4 is 62.3 Å². The van der Waals surface area contributed by atoms with Crippen molar-refractivity contribution in [2.75, 3.05) is 10.8 Å². The lowest BCUT2D eigenvalue weighted by Gasteiger charge is -2.34. The first-order valence-corrected chi connectivity index (χ1v) is 16.4. The van der Waals surface area contributed by atoms with Crippen molar-refractivity contribution in [1.82, 2.24) is 10.2 Å². The molecule has 11 heteroatoms. The van der Waals surface area contributed by atoms with E-state index < -0.39 is 28.5 Å². The van der Waals surface area contributed by atoms with Gasteiger partial charge in [-0.05, 0) is 68.7 Å². The topological polar surface area (TPSA) is 86.8 Å². The molecule has 7 nitrogen and oxygen atoms in total. The SMILES string of the molecule is Cc1c(Cl)cccc1N(CC(=O)N(Cc1c(Cl)cccc1Cl)C(C)C(=O)NC1CCCCC1)S(=O)(=O)c1ccccc1. The maximum atomic E-state index is 14.2. The molecule has 1 aliphatic carbocycles. The zero-order valence-electron chi connectivity index (χ0n) is 23.5. The van der Waals surface area contributed by atoms with Crippen molar-refractivity contribution in [2.24, 2.45) is 0 Å². The number of benzene rings is 3. The van der Waals surface area contributed by atoms with Crippen molar-refractivity contribution in [3.8, 4) is 0 Å². The van der Waals surface area contributed by atoms with Crippen LogP contribution in [0.1, 0.15) is 50.2 Å². The first-order chi connectivity index (χ1) is 20.0. The molecule has 0 saturated heterocycles. The van der Waals surface area contributed by atoms with Gasteiger partial charge in [0.2, 0.25) is 11.8 Å². The molecule has 0 aliphatic heterocycles. The lowest BCUT2D eigenvalue weighted by atomic mass is 9.95. The lowest BCUT2D eigenvalue weighted by Crippen LogP contribution is -2.53. The van der Waals surface area contributed by atoms with Crippen LogP contribution in [0.25, 0.3) is 0 Å². The first kappa shape index (κ1) is 32.1. The Labute approximate surface area is 262 Å². The summed E-state index contributed by atoms with van der Waals surface area (Å²) in [5.41, 5.74) is 1.22. The average Bonchev–Trinajstić information content (AvgIpc) is 2.98. The van der Waals surface area contributed by atoms with Crippen molar-refractivity contribution in [3.63, 3.8) is 0 Å². The number of halogens is 3. The second kappa shape index (κ2) is 14.1. The minimum atomic E-state index is -4.21. The largest absolute Gasteiger partial charge is 0.352 e. The van der Waals surface area contributed by atoms with E-state index in [-0.39, 0.29) is 29.1 Å². The lowest BCUT2D eigenvalue weighted by molar-refractivity contribution is -0.139. The molecule has 1 atom stereocenters. The van der Waals surface area contributed by atoms with Crippen LogP contribution >= 0.6 is 34.8 Å². The predicted octanol–water partition coefficient (Wildman–Crippen LogP) is 7.02. The van der Waals surface area contributed by atoms with Gasteiger partial charge in [0.25, 0.3) is 10.0 Å². The van der Waals surface area contributed by atoms with Crippen LogP contribution in [-0.4, -0.2) is 43.8 Å². The van der Waals surface area contributed by atoms with E-state index in [1.807, 2.05) is 0 Å². The number of anilines is 1. The fraction of sp³-hybridized carbons (Fsp3) is 0.355. The smallest absolute Gasteiger partial charge is 0.264 e. The van der Waals surface area contributed by atoms with Gasteiger partial charge in [0, 0.05) is 33.2 Å². The molecule has 0 radical (unpaired) electrons. The molecule has 0 bridgehead atoms. The van der Waals surface area contributed by atoms with E-state index in [2.05, 4.69) is 5.32 Å². The van der Waals surface area contributed by atoms with E-state index >= 15 is 0 Å². The van der Waals surface area contributed by atoms with Crippen LogP contribution < -0.4 is 9.62 Å². The molecule has 1 aliphatic rings. The number of hydrogen-bond acceptors (Lipinski definition) is 4. The highest BCUT2D eigenvalue weighted by atomic mass is 35.5. The Balaban J connectivity index is 1.73. The fourth-order valence-electron chi connectivity index (χ4n) is 5.10. The molecule has 3 aromatic rings. The molecule has 1 fully saturated rings. The predicted molar refractivity (Wildman–Crippen MR) is 169 cm³/mol. The Morgan fingerprint density at radius 2 is 1.48 bits per heavy atom. The number of carbonyl (C=O) groups is 2. The van der Waals surface area contributed by atoms with Gasteiger partial charge in [0.05, 0.1) is 10.6 Å². The van der Waals surface area contributed by atoms with E-state index in [9.17, 15) is 18.0 Å². The summed E-state index contributed by atoms with van der Waals surface area (Å²) in [4.78, 5) is 29.0. The Kier molecular flexibility index (Phi) is 10.8. The number of hydrogen-bond donors (Lipinski definition) is 1. The summed E-state index contributed by atoms with van der Waals surface area (Å²) in [7, 11) is -4.21. The molecule has 1 saturated carbocycles. The van der Waals surface area contributed by atoms with E-state index in [0.29, 0.717) is 26.2 Å². The molecule has 0 spiro atoms. The van der Waals surface area contributed by atoms with Gasteiger partial charge in [-0.1, -0.05) is 84.4 Å². The maximum Gasteiger partial charge on any atom is 0.264 e. The monoisotopic (exact) mass is 649 g/mol. The molecular formula is C31H34Cl3N3O4S. The summed E-state index contributed by atoms with van der Waals surface area (Å²) in [5.74, 6) is -0.925. The molecule has 1 N–H and O–H groups in total. The number of rotatable bonds is 10. The Morgan fingerprint density at radius 3 is 2.12 bits per heavy atom. The second-order valence-corrected chi connectivity index (χ2v) is 13.5. The quantitative estimate of drug-likeness (QED) is 0.256. The van der Waals surface area contributed by atoms with Gasteiger partial charge in [-0.2, -0.15) is 0 Å². The molecule has 3 aromatic carbocycles. The van der Waals surface area contributed by atoms with Gasteiger partial charge < -0.3 is 10.2 Å². The number of carbonyl (C=O) groups excluding carboxylic acids is 2. The number of sulfonamides is 1. The highest BCUT2D eigenvalue weighted by Crippen LogP contribution is 2.32. The molecule has 224 valence electrons. The van der Waals surface area contributed by atoms with Gasteiger partial charge in [0.15, 0.2) is 0 Å². The van der Waals surface area contributed by atoms with Crippen molar-refractivity contribution in [3.05, 3.63) is 92.9 Å². The Bertz CT molecular complexity index is 1510. The van der Waals surface area contributed by atoms with Crippen LogP contribution in [0.3, 0.4) is 0 Å². The summed E-state index contributed by atoms with van der Waals surface area (Å²) in [5, 5.41) is 4.10. The van der Waals surface area contributed by atoms with Crippen LogP contribution in [0, 0.1) is 6.92 Å². The van der Waals surface area contributed by atoms with Gasteiger partial charge >= 0.3 is 0 Å². The van der Waals surface area contributed by atoms with Crippen LogP contribution in [0.5, 0.6) is 0 Å². The molecule has 42 heavy (non-hydrogen) atoms. The molecule has 0 aromatic heterocycles. The summed E-state index contributed by atoms with van der Waals surface area (Å²) >= 11 is 19.3. The average molecular weight is 651 g/mol. The minimum absolute atomic E-state index is 0.0148. The third kappa shape index (κ3) is 7.40. The number of amides is 2. The van der Waals surface area contributed by atoms with Crippen LogP contribution in [-0.2, 0) is 26.2 Å². The van der Waals surface area contributed by atoms with Gasteiger partial charge in [-0.3, -0.25) is 13.9 Å². The number of nitrogens with one attached hydrogen (secondary N) is 1. The maximum absolute atomic E-state index is 14.2. The summed E-state index contributed by atoms with van der Waals surface area (Å²) in [6.07, 6.45) is 4.94. The molecule has 0 heterocycles. The normalized spacial score (nSPS) is 14.7. The summed E-state index contributed by atoms with van der Waals surface area (Å²) < 4.78 is 29.0. The third-order valence-electron chi connectivity index (χ3n) is 7.63.